The highest BCUT2D eigenvalue weighted by molar-refractivity contribution is 5.75. The molecule has 100 valence electrons. The molecule has 0 heterocycles. The predicted molar refractivity (Wildman–Crippen MR) is 71.0 cm³/mol. The van der Waals surface area contributed by atoms with Crippen LogP contribution < -0.4 is 14.8 Å². The Morgan fingerprint density at radius 2 is 1.72 bits per heavy atom. The van der Waals surface area contributed by atoms with Gasteiger partial charge in [-0.3, -0.25) is 4.79 Å². The summed E-state index contributed by atoms with van der Waals surface area (Å²) in [6.07, 6.45) is 1.44. The zero-order valence-corrected chi connectivity index (χ0v) is 11.1. The van der Waals surface area contributed by atoms with Gasteiger partial charge in [-0.25, -0.2) is 0 Å². The highest BCUT2D eigenvalue weighted by atomic mass is 16.5. The van der Waals surface area contributed by atoms with E-state index in [0.29, 0.717) is 26.2 Å². The van der Waals surface area contributed by atoms with E-state index in [2.05, 4.69) is 5.32 Å². The number of hydrogen-bond acceptors (Lipinski definition) is 3. The number of nitrogens with one attached hydrogen (secondary N) is 1. The first-order valence-corrected chi connectivity index (χ1v) is 6.38. The summed E-state index contributed by atoms with van der Waals surface area (Å²) in [6.45, 7) is 5.60. The Bertz CT molecular complexity index is 349. The maximum atomic E-state index is 11.2. The van der Waals surface area contributed by atoms with E-state index >= 15 is 0 Å². The van der Waals surface area contributed by atoms with E-state index < -0.39 is 0 Å². The molecule has 0 atom stereocenters. The van der Waals surface area contributed by atoms with Crippen molar-refractivity contribution in [2.24, 2.45) is 0 Å². The van der Waals surface area contributed by atoms with E-state index in [1.54, 1.807) is 0 Å². The van der Waals surface area contributed by atoms with Gasteiger partial charge in [-0.2, -0.15) is 0 Å². The van der Waals surface area contributed by atoms with Crippen LogP contribution in [0.2, 0.25) is 0 Å². The van der Waals surface area contributed by atoms with Crippen molar-refractivity contribution in [1.29, 1.82) is 0 Å². The fourth-order valence-electron chi connectivity index (χ4n) is 1.47. The van der Waals surface area contributed by atoms with E-state index in [-0.39, 0.29) is 5.91 Å². The van der Waals surface area contributed by atoms with E-state index in [1.165, 1.54) is 0 Å². The van der Waals surface area contributed by atoms with Crippen LogP contribution in [0.3, 0.4) is 0 Å². The Labute approximate surface area is 108 Å². The molecule has 0 bridgehead atoms. The minimum absolute atomic E-state index is 0.0767. The van der Waals surface area contributed by atoms with Gasteiger partial charge in [0.05, 0.1) is 13.2 Å². The molecule has 1 N–H and O–H groups in total. The first kappa shape index (κ1) is 14.4. The number of hydrogen-bond donors (Lipinski definition) is 1. The Hall–Kier alpha value is -1.71. The Balaban J connectivity index is 2.21. The van der Waals surface area contributed by atoms with Crippen LogP contribution >= 0.6 is 0 Å². The molecule has 1 amide bonds. The first-order valence-electron chi connectivity index (χ1n) is 6.38. The van der Waals surface area contributed by atoms with Gasteiger partial charge in [0.1, 0.15) is 18.1 Å². The minimum atomic E-state index is 0.0767. The molecule has 0 aliphatic rings. The van der Waals surface area contributed by atoms with E-state index in [0.717, 1.165) is 17.9 Å². The summed E-state index contributed by atoms with van der Waals surface area (Å²) in [5.41, 5.74) is 0. The summed E-state index contributed by atoms with van der Waals surface area (Å²) >= 11 is 0. The summed E-state index contributed by atoms with van der Waals surface area (Å²) in [5.74, 6) is 1.69. The second kappa shape index (κ2) is 8.39. The van der Waals surface area contributed by atoms with Gasteiger partial charge in [0.2, 0.25) is 5.91 Å². The lowest BCUT2D eigenvalue weighted by Crippen LogP contribution is -2.27. The van der Waals surface area contributed by atoms with Crippen LogP contribution in [0, 0.1) is 0 Å². The van der Waals surface area contributed by atoms with Crippen molar-refractivity contribution in [3.63, 3.8) is 0 Å². The zero-order chi connectivity index (χ0) is 13.2. The number of rotatable bonds is 8. The van der Waals surface area contributed by atoms with Gasteiger partial charge in [0, 0.05) is 6.42 Å². The molecule has 4 heteroatoms. The summed E-state index contributed by atoms with van der Waals surface area (Å²) in [5, 5.41) is 2.80. The summed E-state index contributed by atoms with van der Waals surface area (Å²) in [6, 6.07) is 7.46. The highest BCUT2D eigenvalue weighted by Crippen LogP contribution is 2.17. The van der Waals surface area contributed by atoms with Crippen molar-refractivity contribution in [2.75, 3.05) is 19.8 Å². The molecule has 0 aromatic heterocycles. The van der Waals surface area contributed by atoms with E-state index in [1.807, 2.05) is 38.1 Å². The van der Waals surface area contributed by atoms with Gasteiger partial charge in [0.25, 0.3) is 0 Å². The van der Waals surface area contributed by atoms with Crippen molar-refractivity contribution in [1.82, 2.24) is 5.32 Å². The molecule has 0 spiro atoms. The van der Waals surface area contributed by atoms with Gasteiger partial charge >= 0.3 is 0 Å². The molecule has 18 heavy (non-hydrogen) atoms. The van der Waals surface area contributed by atoms with Gasteiger partial charge in [-0.1, -0.05) is 6.92 Å². The smallest absolute Gasteiger partial charge is 0.220 e. The lowest BCUT2D eigenvalue weighted by Gasteiger charge is -2.08. The fraction of sp³-hybridized carbons (Fsp3) is 0.500. The molecule has 0 unspecified atom stereocenters. The van der Waals surface area contributed by atoms with Crippen LogP contribution in [0.5, 0.6) is 11.5 Å². The third-order valence-corrected chi connectivity index (χ3v) is 2.30. The number of carbonyl (C=O) groups is 1. The molecule has 0 aliphatic heterocycles. The number of ether oxygens (including phenoxy) is 2. The van der Waals surface area contributed by atoms with Crippen LogP contribution in [0.25, 0.3) is 0 Å². The van der Waals surface area contributed by atoms with Crippen LogP contribution in [0.1, 0.15) is 26.7 Å². The monoisotopic (exact) mass is 251 g/mol. The molecule has 0 saturated heterocycles. The number of amides is 1. The van der Waals surface area contributed by atoms with E-state index in [4.69, 9.17) is 9.47 Å². The maximum absolute atomic E-state index is 11.2. The number of benzene rings is 1. The van der Waals surface area contributed by atoms with Crippen molar-refractivity contribution in [3.8, 4) is 11.5 Å². The molecular formula is C14H21NO3. The van der Waals surface area contributed by atoms with Gasteiger partial charge in [0.15, 0.2) is 0 Å². The predicted octanol–water partition coefficient (Wildman–Crippen LogP) is 2.38. The molecule has 0 radical (unpaired) electrons. The van der Waals surface area contributed by atoms with Crippen LogP contribution in [0.15, 0.2) is 24.3 Å². The standard InChI is InChI=1S/C14H21NO3/c1-3-5-14(16)15-10-11-18-13-8-6-12(7-9-13)17-4-2/h6-9H,3-5,10-11H2,1-2H3,(H,15,16). The van der Waals surface area contributed by atoms with Crippen LogP contribution in [-0.4, -0.2) is 25.7 Å². The van der Waals surface area contributed by atoms with Crippen LogP contribution in [-0.2, 0) is 4.79 Å². The molecule has 1 aromatic carbocycles. The van der Waals surface area contributed by atoms with Gasteiger partial charge in [-0.05, 0) is 37.6 Å². The molecular weight excluding hydrogens is 230 g/mol. The van der Waals surface area contributed by atoms with Crippen molar-refractivity contribution in [2.45, 2.75) is 26.7 Å². The lowest BCUT2D eigenvalue weighted by molar-refractivity contribution is -0.121. The molecule has 1 aromatic rings. The Morgan fingerprint density at radius 1 is 1.11 bits per heavy atom. The van der Waals surface area contributed by atoms with Gasteiger partial charge < -0.3 is 14.8 Å². The molecule has 0 fully saturated rings. The Kier molecular flexibility index (Phi) is 6.69. The second-order valence-corrected chi connectivity index (χ2v) is 3.85. The summed E-state index contributed by atoms with van der Waals surface area (Å²) in [4.78, 5) is 11.2. The normalized spacial score (nSPS) is 9.89. The quantitative estimate of drug-likeness (QED) is 0.722. The third-order valence-electron chi connectivity index (χ3n) is 2.30. The SMILES string of the molecule is CCCC(=O)NCCOc1ccc(OCC)cc1. The highest BCUT2D eigenvalue weighted by Gasteiger charge is 1.99. The maximum Gasteiger partial charge on any atom is 0.220 e. The summed E-state index contributed by atoms with van der Waals surface area (Å²) < 4.78 is 10.8. The van der Waals surface area contributed by atoms with Crippen molar-refractivity contribution in [3.05, 3.63) is 24.3 Å². The van der Waals surface area contributed by atoms with Crippen molar-refractivity contribution >= 4 is 5.91 Å². The summed E-state index contributed by atoms with van der Waals surface area (Å²) in [7, 11) is 0. The minimum Gasteiger partial charge on any atom is -0.494 e. The first-order chi connectivity index (χ1) is 8.76. The van der Waals surface area contributed by atoms with Crippen LogP contribution in [0.4, 0.5) is 0 Å². The van der Waals surface area contributed by atoms with Gasteiger partial charge in [-0.15, -0.1) is 0 Å². The average Bonchev–Trinajstić information content (AvgIpc) is 2.37. The molecule has 0 saturated carbocycles. The zero-order valence-electron chi connectivity index (χ0n) is 11.1. The van der Waals surface area contributed by atoms with E-state index in [9.17, 15) is 4.79 Å². The fourth-order valence-corrected chi connectivity index (χ4v) is 1.47. The molecule has 1 rings (SSSR count). The second-order valence-electron chi connectivity index (χ2n) is 3.85. The topological polar surface area (TPSA) is 47.6 Å². The molecule has 4 nitrogen and oxygen atoms in total. The third kappa shape index (κ3) is 5.57. The largest absolute Gasteiger partial charge is 0.494 e. The Morgan fingerprint density at radius 3 is 2.28 bits per heavy atom. The lowest BCUT2D eigenvalue weighted by atomic mass is 10.3. The van der Waals surface area contributed by atoms with Crippen molar-refractivity contribution < 1.29 is 14.3 Å². The average molecular weight is 251 g/mol. The number of carbonyl (C=O) groups excluding carboxylic acids is 1. The molecule has 0 aliphatic carbocycles.